The fourth-order valence-corrected chi connectivity index (χ4v) is 2.87. The van der Waals surface area contributed by atoms with Crippen molar-refractivity contribution >= 4 is 0 Å². The molecule has 5 nitrogen and oxygen atoms in total. The zero-order valence-electron chi connectivity index (χ0n) is 8.11. The maximum Gasteiger partial charge on any atom is 0.165 e. The van der Waals surface area contributed by atoms with Gasteiger partial charge in [-0.25, -0.2) is 0 Å². The van der Waals surface area contributed by atoms with Crippen LogP contribution >= 0.6 is 0 Å². The Labute approximate surface area is 86.9 Å². The molecule has 5 heteroatoms. The third kappa shape index (κ3) is 1.21. The van der Waals surface area contributed by atoms with Crippen molar-refractivity contribution in [2.75, 3.05) is 13.2 Å². The van der Waals surface area contributed by atoms with Crippen molar-refractivity contribution in [2.45, 2.75) is 24.6 Å². The first kappa shape index (κ1) is 9.74. The molecule has 2 saturated heterocycles. The second-order valence-electron chi connectivity index (χ2n) is 4.36. The van der Waals surface area contributed by atoms with Crippen molar-refractivity contribution in [3.8, 4) is 0 Å². The highest BCUT2D eigenvalue weighted by molar-refractivity contribution is 5.26. The summed E-state index contributed by atoms with van der Waals surface area (Å²) in [4.78, 5) is 0. The molecular formula is C10H14O5. The molecule has 3 rings (SSSR count). The Morgan fingerprint density at radius 1 is 1.40 bits per heavy atom. The van der Waals surface area contributed by atoms with E-state index in [1.807, 2.05) is 0 Å². The molecule has 0 amide bonds. The number of rotatable bonds is 1. The van der Waals surface area contributed by atoms with E-state index in [0.717, 1.165) is 5.57 Å². The van der Waals surface area contributed by atoms with E-state index in [9.17, 15) is 10.2 Å². The topological polar surface area (TPSA) is 79.2 Å². The Kier molecular flexibility index (Phi) is 2.12. The molecule has 2 heterocycles. The lowest BCUT2D eigenvalue weighted by atomic mass is 9.82. The largest absolute Gasteiger partial charge is 0.394 e. The Morgan fingerprint density at radius 2 is 2.20 bits per heavy atom. The van der Waals surface area contributed by atoms with Crippen LogP contribution in [0, 0.1) is 11.8 Å². The van der Waals surface area contributed by atoms with Gasteiger partial charge < -0.3 is 24.8 Å². The normalized spacial score (nSPS) is 52.9. The summed E-state index contributed by atoms with van der Waals surface area (Å²) < 4.78 is 10.8. The van der Waals surface area contributed by atoms with Gasteiger partial charge in [-0.05, 0) is 5.57 Å². The van der Waals surface area contributed by atoms with Gasteiger partial charge in [0.15, 0.2) is 6.29 Å². The van der Waals surface area contributed by atoms with E-state index in [1.54, 1.807) is 6.08 Å². The van der Waals surface area contributed by atoms with Crippen LogP contribution in [0.3, 0.4) is 0 Å². The summed E-state index contributed by atoms with van der Waals surface area (Å²) in [7, 11) is 0. The number of hydrogen-bond donors (Lipinski definition) is 3. The lowest BCUT2D eigenvalue weighted by molar-refractivity contribution is -0.250. The molecule has 6 unspecified atom stereocenters. The summed E-state index contributed by atoms with van der Waals surface area (Å²) in [5, 5.41) is 28.8. The third-order valence-electron chi connectivity index (χ3n) is 3.59. The van der Waals surface area contributed by atoms with Gasteiger partial charge in [0.25, 0.3) is 0 Å². The van der Waals surface area contributed by atoms with E-state index in [1.165, 1.54) is 0 Å². The van der Waals surface area contributed by atoms with E-state index in [-0.39, 0.29) is 18.4 Å². The van der Waals surface area contributed by atoms with Crippen LogP contribution in [0.4, 0.5) is 0 Å². The molecule has 0 aromatic rings. The van der Waals surface area contributed by atoms with Crippen LogP contribution in [-0.2, 0) is 9.47 Å². The molecule has 3 aliphatic rings. The first-order chi connectivity index (χ1) is 7.22. The molecule has 0 aromatic carbocycles. The van der Waals surface area contributed by atoms with Gasteiger partial charge in [-0.15, -0.1) is 0 Å². The third-order valence-corrected chi connectivity index (χ3v) is 3.59. The van der Waals surface area contributed by atoms with Crippen molar-refractivity contribution in [3.63, 3.8) is 0 Å². The van der Waals surface area contributed by atoms with Crippen molar-refractivity contribution in [2.24, 2.45) is 11.8 Å². The van der Waals surface area contributed by atoms with Crippen LogP contribution in [0.1, 0.15) is 0 Å². The van der Waals surface area contributed by atoms with Gasteiger partial charge in [0.2, 0.25) is 0 Å². The van der Waals surface area contributed by atoms with E-state index >= 15 is 0 Å². The molecule has 15 heavy (non-hydrogen) atoms. The van der Waals surface area contributed by atoms with Gasteiger partial charge in [-0.3, -0.25) is 0 Å². The monoisotopic (exact) mass is 214 g/mol. The Morgan fingerprint density at radius 3 is 2.93 bits per heavy atom. The summed E-state index contributed by atoms with van der Waals surface area (Å²) >= 11 is 0. The first-order valence-corrected chi connectivity index (χ1v) is 5.17. The highest BCUT2D eigenvalue weighted by atomic mass is 16.7. The molecule has 0 aromatic heterocycles. The molecule has 84 valence electrons. The van der Waals surface area contributed by atoms with Gasteiger partial charge in [0, 0.05) is 11.8 Å². The van der Waals surface area contributed by atoms with Crippen molar-refractivity contribution in [1.82, 2.24) is 0 Å². The van der Waals surface area contributed by atoms with E-state index in [2.05, 4.69) is 0 Å². The molecule has 0 spiro atoms. The van der Waals surface area contributed by atoms with Crippen LogP contribution in [0.15, 0.2) is 11.6 Å². The highest BCUT2D eigenvalue weighted by Gasteiger charge is 2.55. The average Bonchev–Trinajstić information content (AvgIpc) is 2.74. The maximum atomic E-state index is 9.94. The Balaban J connectivity index is 1.92. The molecule has 1 aliphatic carbocycles. The minimum atomic E-state index is -0.832. The zero-order valence-corrected chi connectivity index (χ0v) is 8.11. The smallest absolute Gasteiger partial charge is 0.165 e. The number of ether oxygens (including phenoxy) is 2. The lowest BCUT2D eigenvalue weighted by Crippen LogP contribution is -2.53. The number of aliphatic hydroxyl groups is 3. The van der Waals surface area contributed by atoms with E-state index < -0.39 is 24.6 Å². The molecule has 6 atom stereocenters. The van der Waals surface area contributed by atoms with Crippen LogP contribution < -0.4 is 0 Å². The van der Waals surface area contributed by atoms with Crippen molar-refractivity contribution < 1.29 is 24.8 Å². The van der Waals surface area contributed by atoms with Crippen LogP contribution in [-0.4, -0.2) is 53.1 Å². The van der Waals surface area contributed by atoms with E-state index in [4.69, 9.17) is 14.6 Å². The van der Waals surface area contributed by atoms with E-state index in [0.29, 0.717) is 6.61 Å². The fraction of sp³-hybridized carbons (Fsp3) is 0.800. The van der Waals surface area contributed by atoms with Crippen molar-refractivity contribution in [1.29, 1.82) is 0 Å². The Hall–Kier alpha value is -0.460. The van der Waals surface area contributed by atoms with Crippen molar-refractivity contribution in [3.05, 3.63) is 11.6 Å². The number of hydrogen-bond acceptors (Lipinski definition) is 5. The molecule has 0 bridgehead atoms. The molecular weight excluding hydrogens is 200 g/mol. The molecule has 0 radical (unpaired) electrons. The van der Waals surface area contributed by atoms with Crippen LogP contribution in [0.25, 0.3) is 0 Å². The second-order valence-corrected chi connectivity index (χ2v) is 4.36. The molecule has 2 aliphatic heterocycles. The standard InChI is InChI=1S/C10H14O5/c11-2-6-9(13)8-5(12)1-4-3-14-10(15-6)7(4)8/h1,5-13H,2-3H2. The van der Waals surface area contributed by atoms with Crippen LogP contribution in [0.2, 0.25) is 0 Å². The van der Waals surface area contributed by atoms with Gasteiger partial charge >= 0.3 is 0 Å². The molecule has 0 saturated carbocycles. The van der Waals surface area contributed by atoms with Gasteiger partial charge in [-0.2, -0.15) is 0 Å². The SMILES string of the molecule is OCC1OC2OCC3=CC(O)C(C1O)C32. The predicted molar refractivity (Wildman–Crippen MR) is 48.8 cm³/mol. The zero-order chi connectivity index (χ0) is 10.6. The summed E-state index contributed by atoms with van der Waals surface area (Å²) in [5.74, 6) is -0.337. The summed E-state index contributed by atoms with van der Waals surface area (Å²) in [6.45, 7) is 0.195. The average molecular weight is 214 g/mol. The molecule has 3 N–H and O–H groups in total. The molecule has 2 fully saturated rings. The van der Waals surface area contributed by atoms with Gasteiger partial charge in [-0.1, -0.05) is 6.08 Å². The van der Waals surface area contributed by atoms with Gasteiger partial charge in [0.1, 0.15) is 6.10 Å². The fourth-order valence-electron chi connectivity index (χ4n) is 2.87. The quantitative estimate of drug-likeness (QED) is 0.469. The second kappa shape index (κ2) is 3.26. The summed E-state index contributed by atoms with van der Waals surface area (Å²) in [6.07, 6.45) is -0.816. The maximum absolute atomic E-state index is 9.94. The number of aliphatic hydroxyl groups excluding tert-OH is 3. The van der Waals surface area contributed by atoms with Crippen LogP contribution in [0.5, 0.6) is 0 Å². The minimum Gasteiger partial charge on any atom is -0.394 e. The first-order valence-electron chi connectivity index (χ1n) is 5.17. The Bertz CT molecular complexity index is 302. The highest BCUT2D eigenvalue weighted by Crippen LogP contribution is 2.46. The van der Waals surface area contributed by atoms with Gasteiger partial charge in [0.05, 0.1) is 25.4 Å². The lowest BCUT2D eigenvalue weighted by Gasteiger charge is -2.40. The predicted octanol–water partition coefficient (Wildman–Crippen LogP) is -1.37. The summed E-state index contributed by atoms with van der Waals surface area (Å²) in [5.41, 5.74) is 1.01. The minimum absolute atomic E-state index is 0.0437. The summed E-state index contributed by atoms with van der Waals surface area (Å²) in [6, 6.07) is 0.